The van der Waals surface area contributed by atoms with E-state index in [0.717, 1.165) is 25.8 Å². The molecule has 5 heteroatoms. The summed E-state index contributed by atoms with van der Waals surface area (Å²) in [5.74, 6) is 0.187. The van der Waals surface area contributed by atoms with Crippen molar-refractivity contribution in [3.05, 3.63) is 0 Å². The van der Waals surface area contributed by atoms with Crippen molar-refractivity contribution >= 4 is 11.8 Å². The number of amides is 2. The summed E-state index contributed by atoms with van der Waals surface area (Å²) >= 11 is 0. The molecule has 0 bridgehead atoms. The SMILES string of the molecule is CCC(C)NC(=O)CCNC(=O)C1CCNC(C)C1. The third kappa shape index (κ3) is 6.05. The summed E-state index contributed by atoms with van der Waals surface area (Å²) in [6.45, 7) is 7.43. The lowest BCUT2D eigenvalue weighted by atomic mass is 9.92. The van der Waals surface area contributed by atoms with Gasteiger partial charge in [-0.1, -0.05) is 6.92 Å². The van der Waals surface area contributed by atoms with Crippen molar-refractivity contribution in [1.29, 1.82) is 0 Å². The molecule has 3 unspecified atom stereocenters. The number of carbonyl (C=O) groups excluding carboxylic acids is 2. The van der Waals surface area contributed by atoms with E-state index in [1.165, 1.54) is 0 Å². The van der Waals surface area contributed by atoms with Crippen LogP contribution in [0.25, 0.3) is 0 Å². The number of carbonyl (C=O) groups is 2. The van der Waals surface area contributed by atoms with Crippen molar-refractivity contribution in [1.82, 2.24) is 16.0 Å². The van der Waals surface area contributed by atoms with Crippen LogP contribution in [0.5, 0.6) is 0 Å². The zero-order valence-corrected chi connectivity index (χ0v) is 12.3. The largest absolute Gasteiger partial charge is 0.355 e. The second kappa shape index (κ2) is 8.15. The Hall–Kier alpha value is -1.10. The molecule has 1 fully saturated rings. The smallest absolute Gasteiger partial charge is 0.223 e. The van der Waals surface area contributed by atoms with Gasteiger partial charge in [-0.2, -0.15) is 0 Å². The van der Waals surface area contributed by atoms with Crippen LogP contribution in [0.2, 0.25) is 0 Å². The minimum absolute atomic E-state index is 0.00771. The van der Waals surface area contributed by atoms with Gasteiger partial charge in [0.25, 0.3) is 0 Å². The molecule has 3 N–H and O–H groups in total. The third-order valence-electron chi connectivity index (χ3n) is 3.67. The van der Waals surface area contributed by atoms with Crippen LogP contribution >= 0.6 is 0 Å². The third-order valence-corrected chi connectivity index (χ3v) is 3.67. The number of piperidine rings is 1. The minimum Gasteiger partial charge on any atom is -0.355 e. The number of nitrogens with one attached hydrogen (secondary N) is 3. The van der Waals surface area contributed by atoms with Crippen LogP contribution in [-0.4, -0.2) is 37.0 Å². The van der Waals surface area contributed by atoms with Crippen LogP contribution < -0.4 is 16.0 Å². The van der Waals surface area contributed by atoms with E-state index in [0.29, 0.717) is 19.0 Å². The molecule has 1 aliphatic rings. The number of hydrogen-bond donors (Lipinski definition) is 3. The molecule has 1 saturated heterocycles. The summed E-state index contributed by atoms with van der Waals surface area (Å²) in [5.41, 5.74) is 0. The molecule has 19 heavy (non-hydrogen) atoms. The van der Waals surface area contributed by atoms with E-state index in [1.807, 2.05) is 13.8 Å². The molecular formula is C14H27N3O2. The van der Waals surface area contributed by atoms with Gasteiger partial charge in [0, 0.05) is 31.0 Å². The van der Waals surface area contributed by atoms with Gasteiger partial charge in [0.15, 0.2) is 0 Å². The average Bonchev–Trinajstić information content (AvgIpc) is 2.38. The highest BCUT2D eigenvalue weighted by molar-refractivity contribution is 5.80. The van der Waals surface area contributed by atoms with Crippen molar-refractivity contribution in [2.75, 3.05) is 13.1 Å². The Morgan fingerprint density at radius 1 is 1.42 bits per heavy atom. The van der Waals surface area contributed by atoms with Crippen LogP contribution in [0.1, 0.15) is 46.5 Å². The standard InChI is InChI=1S/C14H27N3O2/c1-4-10(2)17-13(18)6-8-16-14(19)12-5-7-15-11(3)9-12/h10-12,15H,4-9H2,1-3H3,(H,16,19)(H,17,18). The van der Waals surface area contributed by atoms with E-state index in [9.17, 15) is 9.59 Å². The molecular weight excluding hydrogens is 242 g/mol. The summed E-state index contributed by atoms with van der Waals surface area (Å²) in [5, 5.41) is 9.08. The first kappa shape index (κ1) is 16.0. The van der Waals surface area contributed by atoms with Gasteiger partial charge in [0.2, 0.25) is 11.8 Å². The van der Waals surface area contributed by atoms with Gasteiger partial charge in [0.05, 0.1) is 0 Å². The lowest BCUT2D eigenvalue weighted by Gasteiger charge is -2.27. The second-order valence-electron chi connectivity index (χ2n) is 5.49. The molecule has 0 aliphatic carbocycles. The van der Waals surface area contributed by atoms with E-state index >= 15 is 0 Å². The fourth-order valence-corrected chi connectivity index (χ4v) is 2.26. The van der Waals surface area contributed by atoms with E-state index in [4.69, 9.17) is 0 Å². The summed E-state index contributed by atoms with van der Waals surface area (Å²) in [6.07, 6.45) is 3.04. The van der Waals surface area contributed by atoms with Crippen LogP contribution in [-0.2, 0) is 9.59 Å². The van der Waals surface area contributed by atoms with E-state index < -0.39 is 0 Å². The van der Waals surface area contributed by atoms with Gasteiger partial charge in [-0.15, -0.1) is 0 Å². The fourth-order valence-electron chi connectivity index (χ4n) is 2.26. The first-order valence-corrected chi connectivity index (χ1v) is 7.33. The van der Waals surface area contributed by atoms with Gasteiger partial charge in [-0.25, -0.2) is 0 Å². The topological polar surface area (TPSA) is 70.2 Å². The Kier molecular flexibility index (Phi) is 6.84. The quantitative estimate of drug-likeness (QED) is 0.668. The van der Waals surface area contributed by atoms with Gasteiger partial charge in [-0.05, 0) is 39.7 Å². The van der Waals surface area contributed by atoms with Crippen molar-refractivity contribution in [3.63, 3.8) is 0 Å². The summed E-state index contributed by atoms with van der Waals surface area (Å²) < 4.78 is 0. The number of rotatable bonds is 6. The molecule has 0 radical (unpaired) electrons. The molecule has 1 rings (SSSR count). The van der Waals surface area contributed by atoms with Crippen molar-refractivity contribution in [2.24, 2.45) is 5.92 Å². The molecule has 110 valence electrons. The summed E-state index contributed by atoms with van der Waals surface area (Å²) in [6, 6.07) is 0.603. The molecule has 0 saturated carbocycles. The normalized spacial score (nSPS) is 24.6. The maximum atomic E-state index is 11.9. The highest BCUT2D eigenvalue weighted by Crippen LogP contribution is 2.15. The molecule has 2 amide bonds. The highest BCUT2D eigenvalue weighted by Gasteiger charge is 2.24. The molecule has 0 aromatic rings. The average molecular weight is 269 g/mol. The van der Waals surface area contributed by atoms with Crippen LogP contribution in [0, 0.1) is 5.92 Å². The predicted molar refractivity (Wildman–Crippen MR) is 75.7 cm³/mol. The Balaban J connectivity index is 2.18. The maximum absolute atomic E-state index is 11.9. The summed E-state index contributed by atoms with van der Waals surface area (Å²) in [7, 11) is 0. The molecule has 5 nitrogen and oxygen atoms in total. The number of hydrogen-bond acceptors (Lipinski definition) is 3. The van der Waals surface area contributed by atoms with E-state index in [-0.39, 0.29) is 23.8 Å². The van der Waals surface area contributed by atoms with Gasteiger partial charge in [0.1, 0.15) is 0 Å². The zero-order valence-electron chi connectivity index (χ0n) is 12.3. The van der Waals surface area contributed by atoms with Gasteiger partial charge in [-0.3, -0.25) is 9.59 Å². The second-order valence-corrected chi connectivity index (χ2v) is 5.49. The molecule has 0 spiro atoms. The molecule has 0 aromatic heterocycles. The monoisotopic (exact) mass is 269 g/mol. The highest BCUT2D eigenvalue weighted by atomic mass is 16.2. The minimum atomic E-state index is 0.00771. The first-order valence-electron chi connectivity index (χ1n) is 7.33. The van der Waals surface area contributed by atoms with Crippen molar-refractivity contribution in [2.45, 2.75) is 58.5 Å². The maximum Gasteiger partial charge on any atom is 0.223 e. The molecule has 1 heterocycles. The summed E-state index contributed by atoms with van der Waals surface area (Å²) in [4.78, 5) is 23.5. The lowest BCUT2D eigenvalue weighted by Crippen LogP contribution is -2.43. The van der Waals surface area contributed by atoms with Gasteiger partial charge < -0.3 is 16.0 Å². The molecule has 1 aliphatic heterocycles. The van der Waals surface area contributed by atoms with Gasteiger partial charge >= 0.3 is 0 Å². The van der Waals surface area contributed by atoms with Crippen LogP contribution in [0.3, 0.4) is 0 Å². The first-order chi connectivity index (χ1) is 9.02. The Labute approximate surface area is 115 Å². The molecule has 0 aromatic carbocycles. The van der Waals surface area contributed by atoms with Crippen LogP contribution in [0.4, 0.5) is 0 Å². The predicted octanol–water partition coefficient (Wildman–Crippen LogP) is 0.796. The van der Waals surface area contributed by atoms with E-state index in [1.54, 1.807) is 0 Å². The lowest BCUT2D eigenvalue weighted by molar-refractivity contribution is -0.126. The fraction of sp³-hybridized carbons (Fsp3) is 0.857. The van der Waals surface area contributed by atoms with Crippen LogP contribution in [0.15, 0.2) is 0 Å². The van der Waals surface area contributed by atoms with Crippen molar-refractivity contribution in [3.8, 4) is 0 Å². The van der Waals surface area contributed by atoms with E-state index in [2.05, 4.69) is 22.9 Å². The Bertz CT molecular complexity index is 307. The van der Waals surface area contributed by atoms with Crippen molar-refractivity contribution < 1.29 is 9.59 Å². The Morgan fingerprint density at radius 2 is 2.16 bits per heavy atom. The zero-order chi connectivity index (χ0) is 14.3. The molecule has 3 atom stereocenters. The Morgan fingerprint density at radius 3 is 2.79 bits per heavy atom.